The van der Waals surface area contributed by atoms with E-state index in [2.05, 4.69) is 14.9 Å². The van der Waals surface area contributed by atoms with Crippen molar-refractivity contribution in [1.82, 2.24) is 14.9 Å². The first kappa shape index (κ1) is 15.4. The molecular weight excluding hydrogens is 306 g/mol. The molecule has 5 nitrogen and oxygen atoms in total. The molecule has 21 heavy (non-hydrogen) atoms. The van der Waals surface area contributed by atoms with Crippen molar-refractivity contribution in [1.29, 1.82) is 0 Å². The summed E-state index contributed by atoms with van der Waals surface area (Å²) < 4.78 is 27.7. The Morgan fingerprint density at radius 1 is 1.33 bits per heavy atom. The molecule has 1 unspecified atom stereocenters. The van der Waals surface area contributed by atoms with E-state index in [-0.39, 0.29) is 6.04 Å². The molecule has 1 saturated heterocycles. The highest BCUT2D eigenvalue weighted by atomic mass is 32.2. The number of hydrogen-bond donors (Lipinski definition) is 2. The Labute approximate surface area is 130 Å². The van der Waals surface area contributed by atoms with Gasteiger partial charge in [-0.3, -0.25) is 0 Å². The lowest BCUT2D eigenvalue weighted by Crippen LogP contribution is -2.46. The second-order valence-corrected chi connectivity index (χ2v) is 8.84. The molecule has 2 heterocycles. The minimum atomic E-state index is -3.38. The van der Waals surface area contributed by atoms with Crippen molar-refractivity contribution in [2.75, 3.05) is 20.1 Å². The van der Waals surface area contributed by atoms with Crippen molar-refractivity contribution >= 4 is 21.4 Å². The van der Waals surface area contributed by atoms with Gasteiger partial charge in [-0.1, -0.05) is 0 Å². The van der Waals surface area contributed by atoms with Crippen LogP contribution in [0.5, 0.6) is 0 Å². The van der Waals surface area contributed by atoms with Crippen LogP contribution in [0.3, 0.4) is 0 Å². The summed E-state index contributed by atoms with van der Waals surface area (Å²) >= 11 is 1.52. The number of likely N-dealkylation sites (N-methyl/N-ethyl adjacent to an activating group) is 1. The molecule has 0 amide bonds. The van der Waals surface area contributed by atoms with Crippen molar-refractivity contribution < 1.29 is 8.42 Å². The van der Waals surface area contributed by atoms with Crippen molar-refractivity contribution in [2.45, 2.75) is 49.2 Å². The molecule has 1 aromatic rings. The molecule has 2 aliphatic rings. The average molecular weight is 329 g/mol. The summed E-state index contributed by atoms with van der Waals surface area (Å²) in [5, 5.41) is 5.16. The third kappa shape index (κ3) is 4.26. The van der Waals surface area contributed by atoms with Gasteiger partial charge in [0.2, 0.25) is 10.0 Å². The topological polar surface area (TPSA) is 61.4 Å². The molecule has 1 saturated carbocycles. The van der Waals surface area contributed by atoms with Crippen LogP contribution in [0.15, 0.2) is 16.3 Å². The first-order chi connectivity index (χ1) is 10.0. The summed E-state index contributed by atoms with van der Waals surface area (Å²) in [5.74, 6) is 0. The van der Waals surface area contributed by atoms with Crippen molar-refractivity contribution in [2.24, 2.45) is 0 Å². The van der Waals surface area contributed by atoms with Crippen LogP contribution >= 0.6 is 11.3 Å². The third-order valence-electron chi connectivity index (χ3n) is 4.03. The number of likely N-dealkylation sites (tertiary alicyclic amines) is 1. The van der Waals surface area contributed by atoms with Gasteiger partial charge in [-0.05, 0) is 45.3 Å². The Balaban J connectivity index is 1.60. The molecular formula is C14H23N3O2S2. The first-order valence-corrected chi connectivity index (χ1v) is 9.91. The van der Waals surface area contributed by atoms with E-state index < -0.39 is 10.0 Å². The van der Waals surface area contributed by atoms with E-state index in [1.54, 1.807) is 11.4 Å². The quantitative estimate of drug-likeness (QED) is 0.828. The molecule has 1 atom stereocenters. The normalized spacial score (nSPS) is 24.3. The predicted octanol–water partition coefficient (Wildman–Crippen LogP) is 1.37. The molecule has 2 fully saturated rings. The van der Waals surface area contributed by atoms with Crippen LogP contribution in [0.4, 0.5) is 0 Å². The van der Waals surface area contributed by atoms with Crippen LogP contribution < -0.4 is 10.0 Å². The van der Waals surface area contributed by atoms with Gasteiger partial charge in [-0.25, -0.2) is 13.1 Å². The van der Waals surface area contributed by atoms with E-state index >= 15 is 0 Å². The zero-order valence-corrected chi connectivity index (χ0v) is 14.0. The fourth-order valence-electron chi connectivity index (χ4n) is 2.68. The van der Waals surface area contributed by atoms with Gasteiger partial charge in [0.1, 0.15) is 0 Å². The highest BCUT2D eigenvalue weighted by Gasteiger charge is 2.25. The Kier molecular flexibility index (Phi) is 4.66. The second kappa shape index (κ2) is 6.34. The number of nitrogens with zero attached hydrogens (tertiary/aromatic N) is 1. The van der Waals surface area contributed by atoms with Gasteiger partial charge in [0.05, 0.1) is 4.90 Å². The van der Waals surface area contributed by atoms with E-state index in [1.165, 1.54) is 24.2 Å². The number of rotatable bonds is 6. The lowest BCUT2D eigenvalue weighted by molar-refractivity contribution is 0.242. The molecule has 1 aromatic heterocycles. The molecule has 3 rings (SSSR count). The van der Waals surface area contributed by atoms with Gasteiger partial charge in [0.15, 0.2) is 0 Å². The van der Waals surface area contributed by atoms with E-state index in [9.17, 15) is 8.42 Å². The van der Waals surface area contributed by atoms with Gasteiger partial charge in [0, 0.05) is 35.4 Å². The second-order valence-electron chi connectivity index (χ2n) is 6.13. The number of sulfonamides is 1. The molecule has 0 spiro atoms. The van der Waals surface area contributed by atoms with Crippen molar-refractivity contribution in [3.05, 3.63) is 16.3 Å². The zero-order valence-electron chi connectivity index (χ0n) is 12.3. The highest BCUT2D eigenvalue weighted by Crippen LogP contribution is 2.23. The maximum atomic E-state index is 12.4. The maximum absolute atomic E-state index is 12.4. The average Bonchev–Trinajstić information content (AvgIpc) is 3.12. The van der Waals surface area contributed by atoms with Crippen molar-refractivity contribution in [3.63, 3.8) is 0 Å². The number of nitrogens with one attached hydrogen (secondary N) is 2. The summed E-state index contributed by atoms with van der Waals surface area (Å²) in [6.07, 6.45) is 4.45. The van der Waals surface area contributed by atoms with Crippen molar-refractivity contribution in [3.8, 4) is 0 Å². The van der Waals surface area contributed by atoms with Gasteiger partial charge in [-0.2, -0.15) is 0 Å². The Morgan fingerprint density at radius 3 is 2.86 bits per heavy atom. The molecule has 0 bridgehead atoms. The van der Waals surface area contributed by atoms with E-state index in [0.717, 1.165) is 37.4 Å². The molecule has 1 aliphatic heterocycles. The molecule has 1 aliphatic carbocycles. The Bertz CT molecular complexity index is 581. The molecule has 7 heteroatoms. The summed E-state index contributed by atoms with van der Waals surface area (Å²) in [4.78, 5) is 3.67. The standard InChI is InChI=1S/C14H23N3O2S2/c1-17-6-2-3-12(9-17)16-21(18,19)14-7-13(20-10-14)8-15-11-4-5-11/h7,10-12,15-16H,2-6,8-9H2,1H3. The Morgan fingerprint density at radius 2 is 2.14 bits per heavy atom. The van der Waals surface area contributed by atoms with Crippen LogP contribution in [-0.4, -0.2) is 45.5 Å². The molecule has 118 valence electrons. The molecule has 0 radical (unpaired) electrons. The van der Waals surface area contributed by atoms with E-state index in [4.69, 9.17) is 0 Å². The van der Waals surface area contributed by atoms with Gasteiger partial charge < -0.3 is 10.2 Å². The lowest BCUT2D eigenvalue weighted by atomic mass is 10.1. The number of hydrogen-bond acceptors (Lipinski definition) is 5. The fourth-order valence-corrected chi connectivity index (χ4v) is 5.16. The number of thiophene rings is 1. The van der Waals surface area contributed by atoms with Crippen LogP contribution in [0.25, 0.3) is 0 Å². The van der Waals surface area contributed by atoms with Gasteiger partial charge in [0.25, 0.3) is 0 Å². The first-order valence-electron chi connectivity index (χ1n) is 7.54. The van der Waals surface area contributed by atoms with E-state index in [0.29, 0.717) is 10.9 Å². The highest BCUT2D eigenvalue weighted by molar-refractivity contribution is 7.89. The van der Waals surface area contributed by atoms with Gasteiger partial charge in [-0.15, -0.1) is 11.3 Å². The molecule has 2 N–H and O–H groups in total. The largest absolute Gasteiger partial charge is 0.309 e. The number of piperidine rings is 1. The van der Waals surface area contributed by atoms with Crippen LogP contribution in [-0.2, 0) is 16.6 Å². The maximum Gasteiger partial charge on any atom is 0.241 e. The SMILES string of the molecule is CN1CCCC(NS(=O)(=O)c2csc(CNC3CC3)c2)C1. The van der Waals surface area contributed by atoms with E-state index in [1.807, 2.05) is 7.05 Å². The minimum absolute atomic E-state index is 0.0293. The van der Waals surface area contributed by atoms with Crippen LogP contribution in [0.1, 0.15) is 30.6 Å². The summed E-state index contributed by atoms with van der Waals surface area (Å²) in [6.45, 7) is 2.62. The monoisotopic (exact) mass is 329 g/mol. The zero-order chi connectivity index (χ0) is 14.9. The molecule has 0 aromatic carbocycles. The smallest absolute Gasteiger partial charge is 0.241 e. The Hall–Kier alpha value is -0.470. The van der Waals surface area contributed by atoms with Crippen LogP contribution in [0, 0.1) is 0 Å². The summed E-state index contributed by atoms with van der Waals surface area (Å²) in [6, 6.07) is 2.47. The van der Waals surface area contributed by atoms with Crippen LogP contribution in [0.2, 0.25) is 0 Å². The third-order valence-corrected chi connectivity index (χ3v) is 6.61. The summed E-state index contributed by atoms with van der Waals surface area (Å²) in [7, 11) is -1.35. The predicted molar refractivity (Wildman–Crippen MR) is 85.0 cm³/mol. The summed E-state index contributed by atoms with van der Waals surface area (Å²) in [5.41, 5.74) is 0. The fraction of sp³-hybridized carbons (Fsp3) is 0.714. The van der Waals surface area contributed by atoms with Gasteiger partial charge >= 0.3 is 0 Å². The lowest BCUT2D eigenvalue weighted by Gasteiger charge is -2.29. The minimum Gasteiger partial charge on any atom is -0.309 e.